The van der Waals surface area contributed by atoms with Crippen LogP contribution in [0.15, 0.2) is 34.9 Å². The second kappa shape index (κ2) is 7.32. The standard InChI is InChI=1S/C22H27N3O3/c26-21(17-8-4-5-9-17)25-14-18(22(15-25)10-12-27-13-11-22)20-23-19(24-28-20)16-6-2-1-3-7-16/h1-3,6-7,17-18H,4-5,8-15H2/t18-/m0/s1. The Morgan fingerprint density at radius 2 is 1.86 bits per heavy atom. The molecule has 3 fully saturated rings. The monoisotopic (exact) mass is 381 g/mol. The summed E-state index contributed by atoms with van der Waals surface area (Å²) in [6, 6.07) is 9.91. The van der Waals surface area contributed by atoms with Gasteiger partial charge in [-0.25, -0.2) is 0 Å². The van der Waals surface area contributed by atoms with Gasteiger partial charge in [-0.15, -0.1) is 0 Å². The van der Waals surface area contributed by atoms with E-state index in [0.29, 0.717) is 24.2 Å². The van der Waals surface area contributed by atoms with Crippen molar-refractivity contribution in [2.45, 2.75) is 44.4 Å². The Kier molecular flexibility index (Phi) is 4.67. The summed E-state index contributed by atoms with van der Waals surface area (Å²) in [5.41, 5.74) is 0.947. The Morgan fingerprint density at radius 1 is 1.11 bits per heavy atom. The highest BCUT2D eigenvalue weighted by Gasteiger charge is 2.52. The van der Waals surface area contributed by atoms with Crippen LogP contribution in [-0.4, -0.2) is 47.3 Å². The summed E-state index contributed by atoms with van der Waals surface area (Å²) < 4.78 is 11.4. The molecule has 0 N–H and O–H groups in total. The summed E-state index contributed by atoms with van der Waals surface area (Å²) in [7, 11) is 0. The molecule has 1 atom stereocenters. The number of carbonyl (C=O) groups is 1. The number of nitrogens with zero attached hydrogens (tertiary/aromatic N) is 3. The molecule has 1 saturated carbocycles. The number of rotatable bonds is 3. The van der Waals surface area contributed by atoms with Gasteiger partial charge in [0.2, 0.25) is 17.6 Å². The summed E-state index contributed by atoms with van der Waals surface area (Å²) in [6.07, 6.45) is 6.31. The number of likely N-dealkylation sites (tertiary alicyclic amines) is 1. The van der Waals surface area contributed by atoms with Crippen LogP contribution in [0.25, 0.3) is 11.4 Å². The van der Waals surface area contributed by atoms with Crippen molar-refractivity contribution >= 4 is 5.91 Å². The minimum absolute atomic E-state index is 0.00694. The van der Waals surface area contributed by atoms with E-state index in [1.165, 1.54) is 12.8 Å². The van der Waals surface area contributed by atoms with Crippen LogP contribution >= 0.6 is 0 Å². The molecular weight excluding hydrogens is 354 g/mol. The van der Waals surface area contributed by atoms with Crippen LogP contribution in [0, 0.1) is 11.3 Å². The van der Waals surface area contributed by atoms with E-state index >= 15 is 0 Å². The topological polar surface area (TPSA) is 68.5 Å². The second-order valence-electron chi connectivity index (χ2n) is 8.55. The van der Waals surface area contributed by atoms with Gasteiger partial charge in [0.15, 0.2) is 0 Å². The lowest BCUT2D eigenvalue weighted by Crippen LogP contribution is -2.38. The molecule has 0 unspecified atom stereocenters. The van der Waals surface area contributed by atoms with E-state index in [1.807, 2.05) is 30.3 Å². The lowest BCUT2D eigenvalue weighted by atomic mass is 9.72. The molecule has 0 bridgehead atoms. The Balaban J connectivity index is 1.43. The molecule has 1 aromatic heterocycles. The smallest absolute Gasteiger partial charge is 0.232 e. The van der Waals surface area contributed by atoms with Crippen molar-refractivity contribution in [1.82, 2.24) is 15.0 Å². The second-order valence-corrected chi connectivity index (χ2v) is 8.55. The van der Waals surface area contributed by atoms with E-state index < -0.39 is 0 Å². The molecule has 6 heteroatoms. The average Bonchev–Trinajstić information content (AvgIpc) is 3.49. The van der Waals surface area contributed by atoms with Gasteiger partial charge in [0.1, 0.15) is 0 Å². The van der Waals surface area contributed by atoms with E-state index in [4.69, 9.17) is 14.2 Å². The average molecular weight is 381 g/mol. The van der Waals surface area contributed by atoms with Gasteiger partial charge in [-0.05, 0) is 25.7 Å². The van der Waals surface area contributed by atoms with E-state index in [2.05, 4.69) is 10.1 Å². The molecule has 5 rings (SSSR count). The van der Waals surface area contributed by atoms with Gasteiger partial charge in [0.05, 0.1) is 5.92 Å². The normalized spacial score (nSPS) is 24.9. The minimum Gasteiger partial charge on any atom is -0.381 e. The van der Waals surface area contributed by atoms with Crippen LogP contribution in [0.1, 0.15) is 50.3 Å². The Morgan fingerprint density at radius 3 is 2.61 bits per heavy atom. The van der Waals surface area contributed by atoms with Crippen LogP contribution in [0.3, 0.4) is 0 Å². The summed E-state index contributed by atoms with van der Waals surface area (Å²) in [5, 5.41) is 4.24. The van der Waals surface area contributed by atoms with Crippen molar-refractivity contribution in [2.75, 3.05) is 26.3 Å². The molecule has 1 aromatic carbocycles. The molecular formula is C22H27N3O3. The quantitative estimate of drug-likeness (QED) is 0.812. The van der Waals surface area contributed by atoms with Crippen LogP contribution in [-0.2, 0) is 9.53 Å². The van der Waals surface area contributed by atoms with E-state index in [0.717, 1.165) is 51.0 Å². The molecule has 148 valence electrons. The third-order valence-corrected chi connectivity index (χ3v) is 6.92. The molecule has 3 aliphatic rings. The number of hydrogen-bond acceptors (Lipinski definition) is 5. The summed E-state index contributed by atoms with van der Waals surface area (Å²) in [4.78, 5) is 19.9. The zero-order chi connectivity index (χ0) is 19.0. The zero-order valence-corrected chi connectivity index (χ0v) is 16.2. The third kappa shape index (κ3) is 3.13. The molecule has 28 heavy (non-hydrogen) atoms. The molecule has 6 nitrogen and oxygen atoms in total. The molecule has 1 amide bonds. The van der Waals surface area contributed by atoms with Crippen molar-refractivity contribution in [1.29, 1.82) is 0 Å². The van der Waals surface area contributed by atoms with Gasteiger partial charge in [0.25, 0.3) is 0 Å². The third-order valence-electron chi connectivity index (χ3n) is 6.92. The van der Waals surface area contributed by atoms with Gasteiger partial charge in [-0.3, -0.25) is 4.79 Å². The minimum atomic E-state index is -0.00694. The summed E-state index contributed by atoms with van der Waals surface area (Å²) in [5.74, 6) is 1.92. The number of benzene rings is 1. The van der Waals surface area contributed by atoms with E-state index in [1.54, 1.807) is 0 Å². The predicted molar refractivity (Wildman–Crippen MR) is 103 cm³/mol. The lowest BCUT2D eigenvalue weighted by molar-refractivity contribution is -0.135. The van der Waals surface area contributed by atoms with Crippen molar-refractivity contribution in [2.24, 2.45) is 11.3 Å². The lowest BCUT2D eigenvalue weighted by Gasteiger charge is -2.36. The Bertz CT molecular complexity index is 823. The van der Waals surface area contributed by atoms with Gasteiger partial charge in [-0.1, -0.05) is 48.3 Å². The van der Waals surface area contributed by atoms with Gasteiger partial charge >= 0.3 is 0 Å². The first kappa shape index (κ1) is 17.9. The van der Waals surface area contributed by atoms with Crippen molar-refractivity contribution in [3.05, 3.63) is 36.2 Å². The number of amides is 1. The summed E-state index contributed by atoms with van der Waals surface area (Å²) >= 11 is 0. The number of carbonyl (C=O) groups excluding carboxylic acids is 1. The zero-order valence-electron chi connectivity index (χ0n) is 16.2. The molecule has 1 aliphatic carbocycles. The Hall–Kier alpha value is -2.21. The fourth-order valence-corrected chi connectivity index (χ4v) is 5.27. The number of hydrogen-bond donors (Lipinski definition) is 0. The molecule has 1 spiro atoms. The van der Waals surface area contributed by atoms with Crippen LogP contribution < -0.4 is 0 Å². The first-order chi connectivity index (χ1) is 13.8. The van der Waals surface area contributed by atoms with E-state index in [9.17, 15) is 4.79 Å². The maximum Gasteiger partial charge on any atom is 0.232 e. The van der Waals surface area contributed by atoms with Gasteiger partial charge in [0, 0.05) is 43.2 Å². The van der Waals surface area contributed by atoms with Crippen molar-refractivity contribution in [3.8, 4) is 11.4 Å². The van der Waals surface area contributed by atoms with Crippen LogP contribution in [0.2, 0.25) is 0 Å². The predicted octanol–water partition coefficient (Wildman–Crippen LogP) is 3.65. The number of aromatic nitrogens is 2. The Labute approximate surface area is 165 Å². The molecule has 3 heterocycles. The fraction of sp³-hybridized carbons (Fsp3) is 0.591. The highest BCUT2D eigenvalue weighted by atomic mass is 16.5. The highest BCUT2D eigenvalue weighted by Crippen LogP contribution is 2.50. The first-order valence-corrected chi connectivity index (χ1v) is 10.5. The molecule has 2 aromatic rings. The van der Waals surface area contributed by atoms with Gasteiger partial charge < -0.3 is 14.2 Å². The first-order valence-electron chi connectivity index (χ1n) is 10.5. The van der Waals surface area contributed by atoms with Crippen molar-refractivity contribution < 1.29 is 14.1 Å². The largest absolute Gasteiger partial charge is 0.381 e. The van der Waals surface area contributed by atoms with Crippen LogP contribution in [0.4, 0.5) is 0 Å². The van der Waals surface area contributed by atoms with Gasteiger partial charge in [-0.2, -0.15) is 4.98 Å². The highest BCUT2D eigenvalue weighted by molar-refractivity contribution is 5.79. The fourth-order valence-electron chi connectivity index (χ4n) is 5.27. The number of ether oxygens (including phenoxy) is 1. The summed E-state index contributed by atoms with van der Waals surface area (Å²) in [6.45, 7) is 2.95. The van der Waals surface area contributed by atoms with E-state index in [-0.39, 0.29) is 17.3 Å². The maximum absolute atomic E-state index is 13.1. The molecule has 2 aliphatic heterocycles. The molecule has 0 radical (unpaired) electrons. The van der Waals surface area contributed by atoms with Crippen LogP contribution in [0.5, 0.6) is 0 Å². The molecule has 2 saturated heterocycles. The van der Waals surface area contributed by atoms with Crippen molar-refractivity contribution in [3.63, 3.8) is 0 Å². The SMILES string of the molecule is O=C(C1CCCC1)N1C[C@@H](c2nc(-c3ccccc3)no2)C2(CCOCC2)C1. The maximum atomic E-state index is 13.1.